The number of carbonyl (C=O) groups excluding carboxylic acids is 1. The summed E-state index contributed by atoms with van der Waals surface area (Å²) >= 11 is 0. The number of nitrogens with one attached hydrogen (secondary N) is 3. The maximum absolute atomic E-state index is 11.8. The number of guanidine groups is 1. The Morgan fingerprint density at radius 2 is 1.84 bits per heavy atom. The molecule has 0 spiro atoms. The van der Waals surface area contributed by atoms with Gasteiger partial charge in [0.05, 0.1) is 0 Å². The molecule has 176 valence electrons. The molecule has 1 saturated carbocycles. The van der Waals surface area contributed by atoms with E-state index in [4.69, 9.17) is 9.47 Å². The van der Waals surface area contributed by atoms with Gasteiger partial charge in [-0.15, -0.1) is 24.0 Å². The van der Waals surface area contributed by atoms with Crippen LogP contribution in [0.25, 0.3) is 0 Å². The van der Waals surface area contributed by atoms with E-state index in [0.29, 0.717) is 5.41 Å². The minimum Gasteiger partial charge on any atom is -0.444 e. The van der Waals surface area contributed by atoms with Crippen molar-refractivity contribution in [1.29, 1.82) is 0 Å². The van der Waals surface area contributed by atoms with Crippen LogP contribution in [-0.2, 0) is 15.9 Å². The topological polar surface area (TPSA) is 84.0 Å². The molecular formula is C23H39IN4O3. The summed E-state index contributed by atoms with van der Waals surface area (Å²) in [6.45, 7) is 8.06. The van der Waals surface area contributed by atoms with Gasteiger partial charge in [0.1, 0.15) is 5.60 Å². The lowest BCUT2D eigenvalue weighted by molar-refractivity contribution is 0.0636. The fourth-order valence-electron chi connectivity index (χ4n) is 3.50. The predicted molar refractivity (Wildman–Crippen MR) is 138 cm³/mol. The highest BCUT2D eigenvalue weighted by Crippen LogP contribution is 2.43. The van der Waals surface area contributed by atoms with Crippen molar-refractivity contribution in [1.82, 2.24) is 10.6 Å². The van der Waals surface area contributed by atoms with Crippen LogP contribution in [0.4, 0.5) is 10.5 Å². The molecule has 2 rings (SSSR count). The van der Waals surface area contributed by atoms with Crippen LogP contribution >= 0.6 is 24.0 Å². The molecule has 0 atom stereocenters. The molecule has 1 fully saturated rings. The van der Waals surface area contributed by atoms with Gasteiger partial charge in [-0.1, -0.05) is 18.6 Å². The van der Waals surface area contributed by atoms with E-state index in [1.807, 2.05) is 45.0 Å². The number of methoxy groups -OCH3 is 1. The zero-order valence-electron chi connectivity index (χ0n) is 19.5. The molecule has 0 aromatic heterocycles. The highest BCUT2D eigenvalue weighted by Gasteiger charge is 2.36. The van der Waals surface area contributed by atoms with E-state index in [1.54, 1.807) is 14.2 Å². The van der Waals surface area contributed by atoms with Crippen molar-refractivity contribution >= 4 is 41.7 Å². The summed E-state index contributed by atoms with van der Waals surface area (Å²) in [5.41, 5.74) is 1.75. The van der Waals surface area contributed by atoms with Gasteiger partial charge in [0, 0.05) is 39.5 Å². The van der Waals surface area contributed by atoms with E-state index in [1.165, 1.54) is 24.8 Å². The number of carbonyl (C=O) groups is 1. The SMILES string of the molecule is CN=C(NCCc1ccc(NC(=O)OC(C)(C)C)cc1)NCC1(CCOC)CCC1.I. The van der Waals surface area contributed by atoms with Gasteiger partial charge in [0.2, 0.25) is 0 Å². The summed E-state index contributed by atoms with van der Waals surface area (Å²) in [6, 6.07) is 7.81. The van der Waals surface area contributed by atoms with Crippen molar-refractivity contribution < 1.29 is 14.3 Å². The molecule has 0 bridgehead atoms. The number of rotatable bonds is 9. The molecule has 0 saturated heterocycles. The molecule has 1 aromatic rings. The van der Waals surface area contributed by atoms with Crippen LogP contribution in [0, 0.1) is 5.41 Å². The molecule has 0 heterocycles. The van der Waals surface area contributed by atoms with Crippen molar-refractivity contribution in [2.45, 2.75) is 58.5 Å². The first-order valence-electron chi connectivity index (χ1n) is 10.8. The number of amides is 1. The Morgan fingerprint density at radius 1 is 1.16 bits per heavy atom. The summed E-state index contributed by atoms with van der Waals surface area (Å²) in [7, 11) is 3.56. The van der Waals surface area contributed by atoms with Crippen molar-refractivity contribution in [3.05, 3.63) is 29.8 Å². The summed E-state index contributed by atoms with van der Waals surface area (Å²) in [6.07, 6.45) is 5.32. The number of halogens is 1. The molecule has 7 nitrogen and oxygen atoms in total. The monoisotopic (exact) mass is 546 g/mol. The fourth-order valence-corrected chi connectivity index (χ4v) is 3.50. The Bertz CT molecular complexity index is 698. The summed E-state index contributed by atoms with van der Waals surface area (Å²) in [4.78, 5) is 16.2. The molecule has 31 heavy (non-hydrogen) atoms. The highest BCUT2D eigenvalue weighted by molar-refractivity contribution is 14.0. The van der Waals surface area contributed by atoms with E-state index in [0.717, 1.165) is 44.2 Å². The Labute approximate surface area is 204 Å². The number of hydrogen-bond acceptors (Lipinski definition) is 4. The smallest absolute Gasteiger partial charge is 0.412 e. The van der Waals surface area contributed by atoms with Gasteiger partial charge in [-0.25, -0.2) is 4.79 Å². The van der Waals surface area contributed by atoms with Gasteiger partial charge in [0.15, 0.2) is 5.96 Å². The van der Waals surface area contributed by atoms with Crippen LogP contribution < -0.4 is 16.0 Å². The third-order valence-corrected chi connectivity index (χ3v) is 5.41. The van der Waals surface area contributed by atoms with Gasteiger partial charge in [-0.05, 0) is 69.6 Å². The zero-order chi connectivity index (χ0) is 22.0. The van der Waals surface area contributed by atoms with E-state index in [-0.39, 0.29) is 24.0 Å². The van der Waals surface area contributed by atoms with Gasteiger partial charge in [-0.3, -0.25) is 10.3 Å². The Hall–Kier alpha value is -1.55. The van der Waals surface area contributed by atoms with Crippen LogP contribution in [0.1, 0.15) is 52.0 Å². The second-order valence-electron chi connectivity index (χ2n) is 9.02. The summed E-state index contributed by atoms with van der Waals surface area (Å²) in [5.74, 6) is 0.835. The number of aliphatic imine (C=N–C) groups is 1. The lowest BCUT2D eigenvalue weighted by atomic mass is 9.67. The number of ether oxygens (including phenoxy) is 2. The van der Waals surface area contributed by atoms with Gasteiger partial charge >= 0.3 is 6.09 Å². The van der Waals surface area contributed by atoms with Crippen molar-refractivity contribution in [3.8, 4) is 0 Å². The molecule has 8 heteroatoms. The largest absolute Gasteiger partial charge is 0.444 e. The van der Waals surface area contributed by atoms with E-state index >= 15 is 0 Å². The van der Waals surface area contributed by atoms with Crippen LogP contribution in [-0.4, -0.2) is 51.5 Å². The average molecular weight is 546 g/mol. The highest BCUT2D eigenvalue weighted by atomic mass is 127. The second kappa shape index (κ2) is 13.1. The second-order valence-corrected chi connectivity index (χ2v) is 9.02. The number of hydrogen-bond donors (Lipinski definition) is 3. The minimum atomic E-state index is -0.510. The Kier molecular flexibility index (Phi) is 11.6. The lowest BCUT2D eigenvalue weighted by Crippen LogP contribution is -2.47. The van der Waals surface area contributed by atoms with E-state index < -0.39 is 11.7 Å². The minimum absolute atomic E-state index is 0. The van der Waals surface area contributed by atoms with Gasteiger partial charge in [-0.2, -0.15) is 0 Å². The first kappa shape index (κ1) is 27.5. The molecule has 0 unspecified atom stereocenters. The molecule has 1 aliphatic carbocycles. The maximum Gasteiger partial charge on any atom is 0.412 e. The molecule has 1 aromatic carbocycles. The first-order chi connectivity index (χ1) is 14.3. The number of nitrogens with zero attached hydrogens (tertiary/aromatic N) is 1. The standard InChI is InChI=1S/C23H38N4O3.HI/c1-22(2,3)30-21(28)27-19-9-7-18(8-10-19)11-15-25-20(24-4)26-17-23(12-6-13-23)14-16-29-5;/h7-10H,6,11-17H2,1-5H3,(H,27,28)(H2,24,25,26);1H. The fraction of sp³-hybridized carbons (Fsp3) is 0.652. The first-order valence-corrected chi connectivity index (χ1v) is 10.8. The summed E-state index contributed by atoms with van der Waals surface area (Å²) < 4.78 is 10.5. The van der Waals surface area contributed by atoms with Crippen LogP contribution in [0.3, 0.4) is 0 Å². The Morgan fingerprint density at radius 3 is 2.35 bits per heavy atom. The average Bonchev–Trinajstić information content (AvgIpc) is 2.65. The zero-order valence-corrected chi connectivity index (χ0v) is 21.9. The van der Waals surface area contributed by atoms with Gasteiger partial charge < -0.3 is 20.1 Å². The molecular weight excluding hydrogens is 507 g/mol. The molecule has 0 radical (unpaired) electrons. The molecule has 0 aliphatic heterocycles. The van der Waals surface area contributed by atoms with Crippen LogP contribution in [0.15, 0.2) is 29.3 Å². The van der Waals surface area contributed by atoms with E-state index in [2.05, 4.69) is 20.9 Å². The quantitative estimate of drug-likeness (QED) is 0.240. The lowest BCUT2D eigenvalue weighted by Gasteiger charge is -2.42. The normalized spacial score (nSPS) is 15.3. The number of benzene rings is 1. The van der Waals surface area contributed by atoms with Crippen LogP contribution in [0.5, 0.6) is 0 Å². The van der Waals surface area contributed by atoms with E-state index in [9.17, 15) is 4.79 Å². The van der Waals surface area contributed by atoms with Crippen molar-refractivity contribution in [2.75, 3.05) is 39.2 Å². The number of anilines is 1. The molecule has 3 N–H and O–H groups in total. The third kappa shape index (κ3) is 10.1. The van der Waals surface area contributed by atoms with Crippen molar-refractivity contribution in [2.24, 2.45) is 10.4 Å². The Balaban J connectivity index is 0.00000480. The van der Waals surface area contributed by atoms with Crippen molar-refractivity contribution in [3.63, 3.8) is 0 Å². The van der Waals surface area contributed by atoms with Crippen LogP contribution in [0.2, 0.25) is 0 Å². The predicted octanol–water partition coefficient (Wildman–Crippen LogP) is 4.57. The third-order valence-electron chi connectivity index (χ3n) is 5.41. The molecule has 1 aliphatic rings. The summed E-state index contributed by atoms with van der Waals surface area (Å²) in [5, 5.41) is 9.61. The molecule has 1 amide bonds. The maximum atomic E-state index is 11.8. The van der Waals surface area contributed by atoms with Gasteiger partial charge in [0.25, 0.3) is 0 Å².